The van der Waals surface area contributed by atoms with Crippen LogP contribution >= 0.6 is 0 Å². The molecule has 1 aliphatic heterocycles. The number of carbonyl (C=O) groups is 2. The average molecular weight is 411 g/mol. The van der Waals surface area contributed by atoms with Gasteiger partial charge in [0.05, 0.1) is 11.3 Å². The number of aryl methyl sites for hydroxylation is 3. The Morgan fingerprint density at radius 3 is 2.13 bits per heavy atom. The average Bonchev–Trinajstić information content (AvgIpc) is 2.99. The number of benzene rings is 3. The lowest BCUT2D eigenvalue weighted by Gasteiger charge is -2.22. The molecule has 0 saturated heterocycles. The van der Waals surface area contributed by atoms with Gasteiger partial charge in [-0.25, -0.2) is 4.90 Å². The smallest absolute Gasteiger partial charge is 0.282 e. The van der Waals surface area contributed by atoms with E-state index in [2.05, 4.69) is 0 Å². The van der Waals surface area contributed by atoms with Crippen molar-refractivity contribution in [2.75, 3.05) is 11.9 Å². The summed E-state index contributed by atoms with van der Waals surface area (Å²) in [4.78, 5) is 30.6. The van der Waals surface area contributed by atoms with Gasteiger partial charge >= 0.3 is 0 Å². The zero-order chi connectivity index (χ0) is 22.1. The van der Waals surface area contributed by atoms with Gasteiger partial charge in [-0.05, 0) is 49.1 Å². The molecule has 1 aliphatic rings. The Balaban J connectivity index is 1.86. The summed E-state index contributed by atoms with van der Waals surface area (Å²) in [5.41, 5.74) is 6.39. The molecule has 2 amide bonds. The molecule has 4 heteroatoms. The van der Waals surface area contributed by atoms with Gasteiger partial charge in [0.15, 0.2) is 0 Å². The van der Waals surface area contributed by atoms with Crippen molar-refractivity contribution in [3.8, 4) is 0 Å². The van der Waals surface area contributed by atoms with Crippen LogP contribution in [0.25, 0.3) is 5.57 Å². The normalized spacial score (nSPS) is 13.9. The Morgan fingerprint density at radius 2 is 1.45 bits per heavy atom. The van der Waals surface area contributed by atoms with Gasteiger partial charge in [0.1, 0.15) is 5.70 Å². The summed E-state index contributed by atoms with van der Waals surface area (Å²) in [5, 5.41) is 0. The molecule has 0 N–H and O–H groups in total. The Bertz CT molecular complexity index is 1190. The van der Waals surface area contributed by atoms with Crippen molar-refractivity contribution in [2.24, 2.45) is 0 Å². The van der Waals surface area contributed by atoms with Crippen molar-refractivity contribution in [3.05, 3.63) is 106 Å². The number of hydrogen-bond donors (Lipinski definition) is 0. The second-order valence-electron chi connectivity index (χ2n) is 8.12. The number of rotatable bonds is 5. The first kappa shape index (κ1) is 20.6. The third-order valence-electron chi connectivity index (χ3n) is 5.71. The minimum atomic E-state index is -0.285. The van der Waals surface area contributed by atoms with Gasteiger partial charge in [0.25, 0.3) is 11.8 Å². The van der Waals surface area contributed by atoms with Crippen molar-refractivity contribution in [3.63, 3.8) is 0 Å². The van der Waals surface area contributed by atoms with Crippen LogP contribution in [0.5, 0.6) is 0 Å². The van der Waals surface area contributed by atoms with Crippen molar-refractivity contribution in [1.82, 2.24) is 4.90 Å². The van der Waals surface area contributed by atoms with Gasteiger partial charge < -0.3 is 4.90 Å². The fourth-order valence-corrected chi connectivity index (χ4v) is 4.18. The molecule has 0 atom stereocenters. The molecule has 3 aromatic carbocycles. The largest absolute Gasteiger partial charge is 0.365 e. The van der Waals surface area contributed by atoms with Gasteiger partial charge in [0, 0.05) is 13.6 Å². The van der Waals surface area contributed by atoms with Gasteiger partial charge in [-0.2, -0.15) is 0 Å². The van der Waals surface area contributed by atoms with Crippen LogP contribution in [0.1, 0.15) is 27.8 Å². The summed E-state index contributed by atoms with van der Waals surface area (Å²) in [6, 6.07) is 23.4. The summed E-state index contributed by atoms with van der Waals surface area (Å²) >= 11 is 0. The molecule has 4 nitrogen and oxygen atoms in total. The van der Waals surface area contributed by atoms with E-state index in [-0.39, 0.29) is 11.8 Å². The predicted molar refractivity (Wildman–Crippen MR) is 124 cm³/mol. The lowest BCUT2D eigenvalue weighted by Crippen LogP contribution is -2.34. The van der Waals surface area contributed by atoms with Crippen LogP contribution in [0.3, 0.4) is 0 Å². The third kappa shape index (κ3) is 3.77. The highest BCUT2D eigenvalue weighted by atomic mass is 16.2. The van der Waals surface area contributed by atoms with E-state index in [4.69, 9.17) is 0 Å². The summed E-state index contributed by atoms with van der Waals surface area (Å²) < 4.78 is 0. The first-order chi connectivity index (χ1) is 14.9. The van der Waals surface area contributed by atoms with Crippen molar-refractivity contribution in [2.45, 2.75) is 27.3 Å². The van der Waals surface area contributed by atoms with E-state index in [0.29, 0.717) is 23.5 Å². The summed E-state index contributed by atoms with van der Waals surface area (Å²) in [6.45, 7) is 6.46. The lowest BCUT2D eigenvalue weighted by molar-refractivity contribution is -0.120. The lowest BCUT2D eigenvalue weighted by atomic mass is 9.97. The van der Waals surface area contributed by atoms with Crippen LogP contribution < -0.4 is 4.90 Å². The molecule has 0 bridgehead atoms. The highest BCUT2D eigenvalue weighted by Gasteiger charge is 2.42. The minimum absolute atomic E-state index is 0.277. The molecule has 4 rings (SSSR count). The molecular weight excluding hydrogens is 384 g/mol. The number of amides is 2. The SMILES string of the molecule is Cc1ccc(C2=C(N(C)Cc3ccccc3)C(=O)N(c3ccccc3C)C2=O)c(C)c1. The predicted octanol–water partition coefficient (Wildman–Crippen LogP) is 5.03. The molecule has 0 saturated carbocycles. The van der Waals surface area contributed by atoms with E-state index in [0.717, 1.165) is 27.8 Å². The Labute approximate surface area is 183 Å². The molecule has 0 aromatic heterocycles. The number of para-hydroxylation sites is 1. The van der Waals surface area contributed by atoms with E-state index >= 15 is 0 Å². The summed E-state index contributed by atoms with van der Waals surface area (Å²) in [7, 11) is 1.87. The Hall–Kier alpha value is -3.66. The maximum absolute atomic E-state index is 13.7. The molecular formula is C27H26N2O2. The van der Waals surface area contributed by atoms with E-state index < -0.39 is 0 Å². The van der Waals surface area contributed by atoms with Crippen LogP contribution in [0.4, 0.5) is 5.69 Å². The molecule has 156 valence electrons. The zero-order valence-electron chi connectivity index (χ0n) is 18.3. The Morgan fingerprint density at radius 1 is 0.774 bits per heavy atom. The number of hydrogen-bond acceptors (Lipinski definition) is 3. The fraction of sp³-hybridized carbons (Fsp3) is 0.185. The maximum Gasteiger partial charge on any atom is 0.282 e. The van der Waals surface area contributed by atoms with Crippen LogP contribution in [-0.4, -0.2) is 23.8 Å². The number of nitrogens with zero attached hydrogens (tertiary/aromatic N) is 2. The fourth-order valence-electron chi connectivity index (χ4n) is 4.18. The quantitative estimate of drug-likeness (QED) is 0.554. The molecule has 0 radical (unpaired) electrons. The first-order valence-electron chi connectivity index (χ1n) is 10.4. The number of likely N-dealkylation sites (N-methyl/N-ethyl adjacent to an activating group) is 1. The summed E-state index contributed by atoms with van der Waals surface area (Å²) in [5.74, 6) is -0.561. The van der Waals surface area contributed by atoms with E-state index in [1.165, 1.54) is 4.90 Å². The van der Waals surface area contributed by atoms with Crippen LogP contribution in [0.2, 0.25) is 0 Å². The zero-order valence-corrected chi connectivity index (χ0v) is 18.3. The number of anilines is 1. The molecule has 31 heavy (non-hydrogen) atoms. The topological polar surface area (TPSA) is 40.6 Å². The van der Waals surface area contributed by atoms with Crippen LogP contribution in [-0.2, 0) is 16.1 Å². The third-order valence-corrected chi connectivity index (χ3v) is 5.71. The molecule has 0 aliphatic carbocycles. The van der Waals surface area contributed by atoms with Gasteiger partial charge in [-0.3, -0.25) is 9.59 Å². The van der Waals surface area contributed by atoms with Crippen molar-refractivity contribution in [1.29, 1.82) is 0 Å². The second kappa shape index (κ2) is 8.23. The van der Waals surface area contributed by atoms with Crippen LogP contribution in [0, 0.1) is 20.8 Å². The molecule has 0 spiro atoms. The minimum Gasteiger partial charge on any atom is -0.365 e. The van der Waals surface area contributed by atoms with Gasteiger partial charge in [0.2, 0.25) is 0 Å². The van der Waals surface area contributed by atoms with E-state index in [1.54, 1.807) is 0 Å². The van der Waals surface area contributed by atoms with Gasteiger partial charge in [-0.1, -0.05) is 72.3 Å². The van der Waals surface area contributed by atoms with Gasteiger partial charge in [-0.15, -0.1) is 0 Å². The molecule has 0 unspecified atom stereocenters. The molecule has 3 aromatic rings. The number of carbonyl (C=O) groups excluding carboxylic acids is 2. The number of imide groups is 1. The van der Waals surface area contributed by atoms with E-state index in [1.807, 2.05) is 106 Å². The second-order valence-corrected chi connectivity index (χ2v) is 8.12. The first-order valence-corrected chi connectivity index (χ1v) is 10.4. The Kier molecular flexibility index (Phi) is 5.47. The molecule has 1 heterocycles. The van der Waals surface area contributed by atoms with Crippen LogP contribution in [0.15, 0.2) is 78.5 Å². The summed E-state index contributed by atoms with van der Waals surface area (Å²) in [6.07, 6.45) is 0. The maximum atomic E-state index is 13.7. The standard InChI is InChI=1S/C27H26N2O2/c1-18-14-15-22(20(3)16-18)24-25(28(4)17-21-11-6-5-7-12-21)27(31)29(26(24)30)23-13-9-8-10-19(23)2/h5-16H,17H2,1-4H3. The van der Waals surface area contributed by atoms with E-state index in [9.17, 15) is 9.59 Å². The highest BCUT2D eigenvalue weighted by molar-refractivity contribution is 6.45. The highest BCUT2D eigenvalue weighted by Crippen LogP contribution is 2.37. The monoisotopic (exact) mass is 410 g/mol. The van der Waals surface area contributed by atoms with Crippen molar-refractivity contribution < 1.29 is 9.59 Å². The van der Waals surface area contributed by atoms with Crippen molar-refractivity contribution >= 4 is 23.1 Å². The molecule has 0 fully saturated rings.